The van der Waals surface area contributed by atoms with Gasteiger partial charge < -0.3 is 5.32 Å². The fourth-order valence-electron chi connectivity index (χ4n) is 3.40. The van der Waals surface area contributed by atoms with Crippen molar-refractivity contribution in [1.29, 1.82) is 0 Å². The molecule has 0 unspecified atom stereocenters. The van der Waals surface area contributed by atoms with Crippen LogP contribution in [-0.2, 0) is 16.0 Å². The molecule has 3 aromatic carbocycles. The lowest BCUT2D eigenvalue weighted by molar-refractivity contribution is -0.120. The maximum atomic E-state index is 13.4. The lowest BCUT2D eigenvalue weighted by Gasteiger charge is -2.16. The zero-order chi connectivity index (χ0) is 22.0. The van der Waals surface area contributed by atoms with Gasteiger partial charge in [0.15, 0.2) is 0 Å². The minimum Gasteiger partial charge on any atom is -0.350 e. The molecule has 0 aromatic heterocycles. The molecule has 0 atom stereocenters. The molecule has 5 heteroatoms. The average Bonchev–Trinajstić information content (AvgIpc) is 3.01. The zero-order valence-corrected chi connectivity index (χ0v) is 18.6. The Morgan fingerprint density at radius 2 is 1.55 bits per heavy atom. The summed E-state index contributed by atoms with van der Waals surface area (Å²) in [5.41, 5.74) is 5.12. The van der Waals surface area contributed by atoms with Gasteiger partial charge in [0.2, 0.25) is 0 Å². The molecule has 4 nitrogen and oxygen atoms in total. The van der Waals surface area contributed by atoms with E-state index in [1.165, 1.54) is 22.2 Å². The van der Waals surface area contributed by atoms with E-state index in [4.69, 9.17) is 0 Å². The molecular formula is C26H24N2O2S. The molecule has 0 saturated carbocycles. The Labute approximate surface area is 187 Å². The van der Waals surface area contributed by atoms with Crippen molar-refractivity contribution in [3.63, 3.8) is 0 Å². The summed E-state index contributed by atoms with van der Waals surface area (Å²) in [6.07, 6.45) is 0.898. The number of benzene rings is 3. The van der Waals surface area contributed by atoms with Crippen molar-refractivity contribution in [3.8, 4) is 0 Å². The quantitative estimate of drug-likeness (QED) is 0.500. The van der Waals surface area contributed by atoms with Crippen LogP contribution in [0.15, 0.2) is 88.3 Å². The summed E-state index contributed by atoms with van der Waals surface area (Å²) < 4.78 is 0. The van der Waals surface area contributed by atoms with E-state index >= 15 is 0 Å². The molecule has 1 aliphatic rings. The molecule has 1 N–H and O–H groups in total. The van der Waals surface area contributed by atoms with Crippen molar-refractivity contribution in [2.24, 2.45) is 0 Å². The van der Waals surface area contributed by atoms with Crippen LogP contribution < -0.4 is 10.2 Å². The molecular weight excluding hydrogens is 404 g/mol. The van der Waals surface area contributed by atoms with E-state index in [9.17, 15) is 9.59 Å². The number of hydrogen-bond donors (Lipinski definition) is 1. The van der Waals surface area contributed by atoms with E-state index in [1.807, 2.05) is 86.6 Å². The first-order valence-electron chi connectivity index (χ1n) is 10.3. The Hall–Kier alpha value is -3.31. The van der Waals surface area contributed by atoms with Gasteiger partial charge in [0, 0.05) is 10.6 Å². The molecule has 1 heterocycles. The molecule has 31 heavy (non-hydrogen) atoms. The molecule has 3 aromatic rings. The van der Waals surface area contributed by atoms with E-state index in [2.05, 4.69) is 12.2 Å². The van der Waals surface area contributed by atoms with E-state index in [0.29, 0.717) is 16.3 Å². The Kier molecular flexibility index (Phi) is 5.96. The number of nitrogens with zero attached hydrogens (tertiary/aromatic N) is 1. The summed E-state index contributed by atoms with van der Waals surface area (Å²) in [4.78, 5) is 29.3. The zero-order valence-electron chi connectivity index (χ0n) is 17.8. The third-order valence-corrected chi connectivity index (χ3v) is 6.47. The smallest absolute Gasteiger partial charge is 0.283 e. The number of carbonyl (C=O) groups is 2. The summed E-state index contributed by atoms with van der Waals surface area (Å²) in [5.74, 6) is -0.652. The molecule has 4 rings (SSSR count). The van der Waals surface area contributed by atoms with Crippen LogP contribution in [0.1, 0.15) is 23.6 Å². The second-order valence-corrected chi connectivity index (χ2v) is 8.59. The van der Waals surface area contributed by atoms with Gasteiger partial charge in [-0.15, -0.1) is 0 Å². The van der Waals surface area contributed by atoms with Gasteiger partial charge in [-0.05, 0) is 73.4 Å². The van der Waals surface area contributed by atoms with E-state index in [-0.39, 0.29) is 11.8 Å². The number of amides is 2. The molecule has 0 fully saturated rings. The number of rotatable bonds is 6. The number of thioether (sulfide) groups is 1. The highest BCUT2D eigenvalue weighted by Crippen LogP contribution is 2.38. The van der Waals surface area contributed by atoms with Crippen LogP contribution in [0.2, 0.25) is 0 Å². The maximum absolute atomic E-state index is 13.4. The van der Waals surface area contributed by atoms with Gasteiger partial charge >= 0.3 is 0 Å². The minimum absolute atomic E-state index is 0.307. The number of carbonyl (C=O) groups excluding carboxylic acids is 2. The van der Waals surface area contributed by atoms with E-state index in [1.54, 1.807) is 0 Å². The van der Waals surface area contributed by atoms with Crippen molar-refractivity contribution in [2.75, 3.05) is 10.2 Å². The predicted molar refractivity (Wildman–Crippen MR) is 127 cm³/mol. The number of anilines is 2. The Balaban J connectivity index is 1.73. The predicted octanol–water partition coefficient (Wildman–Crippen LogP) is 5.86. The van der Waals surface area contributed by atoms with Crippen LogP contribution >= 0.6 is 11.8 Å². The van der Waals surface area contributed by atoms with Gasteiger partial charge in [-0.3, -0.25) is 9.59 Å². The van der Waals surface area contributed by atoms with Gasteiger partial charge in [-0.1, -0.05) is 55.1 Å². The molecule has 0 spiro atoms. The van der Waals surface area contributed by atoms with Crippen LogP contribution in [0.4, 0.5) is 11.4 Å². The van der Waals surface area contributed by atoms with Gasteiger partial charge in [0.1, 0.15) is 10.6 Å². The molecule has 0 radical (unpaired) electrons. The topological polar surface area (TPSA) is 49.4 Å². The van der Waals surface area contributed by atoms with Crippen LogP contribution in [0.3, 0.4) is 0 Å². The largest absolute Gasteiger partial charge is 0.350 e. The Bertz CT molecular complexity index is 1170. The van der Waals surface area contributed by atoms with Crippen molar-refractivity contribution >= 4 is 35.0 Å². The lowest BCUT2D eigenvalue weighted by Crippen LogP contribution is -2.32. The van der Waals surface area contributed by atoms with Crippen molar-refractivity contribution in [3.05, 3.63) is 100 Å². The van der Waals surface area contributed by atoms with Crippen molar-refractivity contribution < 1.29 is 9.59 Å². The molecule has 156 valence electrons. The van der Waals surface area contributed by atoms with E-state index in [0.717, 1.165) is 28.1 Å². The fourth-order valence-corrected chi connectivity index (χ4v) is 4.35. The Morgan fingerprint density at radius 1 is 0.839 bits per heavy atom. The Morgan fingerprint density at radius 3 is 2.19 bits per heavy atom. The third-order valence-electron chi connectivity index (χ3n) is 5.38. The van der Waals surface area contributed by atoms with Crippen LogP contribution in [-0.4, -0.2) is 11.8 Å². The molecule has 0 bridgehead atoms. The SMILES string of the molecule is CCc1ccc(N2C(=O)C(Nc3ccc(C)c(C)c3)=C(Sc3ccccc3)C2=O)cc1. The van der Waals surface area contributed by atoms with Crippen LogP contribution in [0.5, 0.6) is 0 Å². The first-order valence-corrected chi connectivity index (χ1v) is 11.1. The van der Waals surface area contributed by atoms with Crippen LogP contribution in [0, 0.1) is 13.8 Å². The number of imide groups is 1. The molecule has 2 amide bonds. The van der Waals surface area contributed by atoms with Gasteiger partial charge in [0.05, 0.1) is 5.69 Å². The first kappa shape index (κ1) is 20.9. The number of aryl methyl sites for hydroxylation is 3. The van der Waals surface area contributed by atoms with Gasteiger partial charge in [-0.2, -0.15) is 0 Å². The first-order chi connectivity index (χ1) is 15.0. The standard InChI is InChI=1S/C26H24N2O2S/c1-4-19-11-14-21(15-12-19)28-25(29)23(27-20-13-10-17(2)18(3)16-20)24(26(28)30)31-22-8-6-5-7-9-22/h5-16,27H,4H2,1-3H3. The van der Waals surface area contributed by atoms with E-state index < -0.39 is 0 Å². The minimum atomic E-state index is -0.342. The highest BCUT2D eigenvalue weighted by molar-refractivity contribution is 8.04. The average molecular weight is 429 g/mol. The number of hydrogen-bond acceptors (Lipinski definition) is 4. The summed E-state index contributed by atoms with van der Waals surface area (Å²) in [7, 11) is 0. The summed E-state index contributed by atoms with van der Waals surface area (Å²) in [6.45, 7) is 6.14. The summed E-state index contributed by atoms with van der Waals surface area (Å²) in [5, 5.41) is 3.23. The fraction of sp³-hybridized carbons (Fsp3) is 0.154. The second kappa shape index (κ2) is 8.82. The van der Waals surface area contributed by atoms with Crippen molar-refractivity contribution in [1.82, 2.24) is 0 Å². The monoisotopic (exact) mass is 428 g/mol. The highest BCUT2D eigenvalue weighted by Gasteiger charge is 2.40. The van der Waals surface area contributed by atoms with Crippen LogP contribution in [0.25, 0.3) is 0 Å². The number of nitrogens with one attached hydrogen (secondary N) is 1. The van der Waals surface area contributed by atoms with Crippen molar-refractivity contribution in [2.45, 2.75) is 32.1 Å². The molecule has 0 saturated heterocycles. The highest BCUT2D eigenvalue weighted by atomic mass is 32.2. The van der Waals surface area contributed by atoms with Gasteiger partial charge in [0.25, 0.3) is 11.8 Å². The normalized spacial score (nSPS) is 13.8. The lowest BCUT2D eigenvalue weighted by atomic mass is 10.1. The third kappa shape index (κ3) is 4.28. The molecule has 1 aliphatic heterocycles. The summed E-state index contributed by atoms with van der Waals surface area (Å²) >= 11 is 1.31. The maximum Gasteiger partial charge on any atom is 0.283 e. The summed E-state index contributed by atoms with van der Waals surface area (Å²) in [6, 6.07) is 23.1. The second-order valence-electron chi connectivity index (χ2n) is 7.51. The molecule has 0 aliphatic carbocycles. The van der Waals surface area contributed by atoms with Gasteiger partial charge in [-0.25, -0.2) is 4.90 Å².